The van der Waals surface area contributed by atoms with E-state index in [0.29, 0.717) is 6.54 Å². The lowest BCUT2D eigenvalue weighted by atomic mass is 9.56. The van der Waals surface area contributed by atoms with E-state index >= 15 is 0 Å². The van der Waals surface area contributed by atoms with Gasteiger partial charge in [-0.2, -0.15) is 20.9 Å². The van der Waals surface area contributed by atoms with Gasteiger partial charge in [0.15, 0.2) is 5.41 Å². The number of hydrogen-bond donors (Lipinski definition) is 1. The third kappa shape index (κ3) is 3.81. The summed E-state index contributed by atoms with van der Waals surface area (Å²) < 4.78 is 2.87. The van der Waals surface area contributed by atoms with Crippen LogP contribution in [0, 0.1) is 45.3 Å². The van der Waals surface area contributed by atoms with E-state index in [9.17, 15) is 15.8 Å². The molecule has 0 saturated heterocycles. The highest BCUT2D eigenvalue weighted by Crippen LogP contribution is 2.57. The fourth-order valence-electron chi connectivity index (χ4n) is 5.56. The molecule has 1 heterocycles. The second-order valence-corrected chi connectivity index (χ2v) is 10.1. The van der Waals surface area contributed by atoms with Crippen molar-refractivity contribution in [2.45, 2.75) is 31.7 Å². The van der Waals surface area contributed by atoms with Crippen molar-refractivity contribution in [1.29, 1.82) is 15.8 Å². The van der Waals surface area contributed by atoms with Crippen molar-refractivity contribution < 1.29 is 0 Å². The summed E-state index contributed by atoms with van der Waals surface area (Å²) in [4.78, 5) is 0. The van der Waals surface area contributed by atoms with Crippen molar-refractivity contribution in [2.24, 2.45) is 17.1 Å². The van der Waals surface area contributed by atoms with Crippen LogP contribution >= 0.6 is 15.9 Å². The quantitative estimate of drug-likeness (QED) is 0.443. The minimum atomic E-state index is -1.67. The fourth-order valence-corrected chi connectivity index (χ4v) is 5.82. The van der Waals surface area contributed by atoms with Gasteiger partial charge in [-0.15, -0.1) is 0 Å². The molecule has 2 aromatic carbocycles. The number of nitriles is 3. The van der Waals surface area contributed by atoms with E-state index in [1.54, 1.807) is 0 Å². The molecule has 0 saturated carbocycles. The molecule has 0 amide bonds. The predicted molar refractivity (Wildman–Crippen MR) is 140 cm³/mol. The summed E-state index contributed by atoms with van der Waals surface area (Å²) in [5.41, 5.74) is 9.52. The summed E-state index contributed by atoms with van der Waals surface area (Å²) in [7, 11) is 0. The summed E-state index contributed by atoms with van der Waals surface area (Å²) >= 11 is 3.48. The molecule has 6 nitrogen and oxygen atoms in total. The molecule has 0 spiro atoms. The lowest BCUT2D eigenvalue weighted by Crippen LogP contribution is -2.42. The summed E-state index contributed by atoms with van der Waals surface area (Å²) in [6.45, 7) is 0.536. The summed E-state index contributed by atoms with van der Waals surface area (Å²) in [6, 6.07) is 24.5. The van der Waals surface area contributed by atoms with Crippen molar-refractivity contribution in [1.82, 2.24) is 9.78 Å². The highest BCUT2D eigenvalue weighted by molar-refractivity contribution is 9.10. The molecule has 36 heavy (non-hydrogen) atoms. The van der Waals surface area contributed by atoms with Gasteiger partial charge in [0.05, 0.1) is 35.6 Å². The van der Waals surface area contributed by atoms with Crippen LogP contribution in [0.3, 0.4) is 0 Å². The first kappa shape index (κ1) is 23.6. The van der Waals surface area contributed by atoms with Crippen LogP contribution in [0.2, 0.25) is 0 Å². The molecule has 3 aromatic rings. The van der Waals surface area contributed by atoms with Crippen LogP contribution in [-0.4, -0.2) is 9.78 Å². The molecule has 0 radical (unpaired) electrons. The van der Waals surface area contributed by atoms with Gasteiger partial charge in [-0.3, -0.25) is 4.68 Å². The number of benzene rings is 2. The molecule has 0 bridgehead atoms. The maximum atomic E-state index is 10.4. The normalized spacial score (nSPS) is 20.4. The fraction of sp³-hybridized carbons (Fsp3) is 0.241. The monoisotopic (exact) mass is 534 g/mol. The second-order valence-electron chi connectivity index (χ2n) is 9.23. The van der Waals surface area contributed by atoms with Crippen LogP contribution in [0.1, 0.15) is 36.3 Å². The molecule has 0 aliphatic heterocycles. The first-order valence-corrected chi connectivity index (χ1v) is 12.6. The number of hydrogen-bond acceptors (Lipinski definition) is 5. The van der Waals surface area contributed by atoms with Gasteiger partial charge >= 0.3 is 0 Å². The van der Waals surface area contributed by atoms with Gasteiger partial charge in [0, 0.05) is 27.7 Å². The molecular formula is C29H23BrN6. The van der Waals surface area contributed by atoms with E-state index in [1.165, 1.54) is 0 Å². The van der Waals surface area contributed by atoms with Crippen molar-refractivity contribution in [3.63, 3.8) is 0 Å². The van der Waals surface area contributed by atoms with Gasteiger partial charge in [0.2, 0.25) is 0 Å². The van der Waals surface area contributed by atoms with Gasteiger partial charge in [0.1, 0.15) is 6.07 Å². The van der Waals surface area contributed by atoms with Crippen LogP contribution in [0.15, 0.2) is 88.2 Å². The number of halogens is 1. The zero-order chi connectivity index (χ0) is 25.3. The zero-order valence-electron chi connectivity index (χ0n) is 19.5. The highest BCUT2D eigenvalue weighted by Gasteiger charge is 2.54. The van der Waals surface area contributed by atoms with E-state index < -0.39 is 11.3 Å². The number of fused-ring (bicyclic) bond motifs is 1. The smallest absolute Gasteiger partial charge is 0.191 e. The Bertz CT molecular complexity index is 1480. The van der Waals surface area contributed by atoms with Crippen molar-refractivity contribution in [3.8, 4) is 29.5 Å². The molecule has 1 aromatic heterocycles. The summed E-state index contributed by atoms with van der Waals surface area (Å²) in [5, 5.41) is 35.7. The Kier molecular flexibility index (Phi) is 6.23. The van der Waals surface area contributed by atoms with Crippen LogP contribution in [-0.2, 0) is 6.54 Å². The van der Waals surface area contributed by atoms with Crippen LogP contribution < -0.4 is 5.73 Å². The highest BCUT2D eigenvalue weighted by atomic mass is 79.9. The third-order valence-corrected chi connectivity index (χ3v) is 7.76. The van der Waals surface area contributed by atoms with Gasteiger partial charge < -0.3 is 5.73 Å². The van der Waals surface area contributed by atoms with Gasteiger partial charge in [-0.25, -0.2) is 0 Å². The van der Waals surface area contributed by atoms with E-state index in [0.717, 1.165) is 51.7 Å². The third-order valence-electron chi connectivity index (χ3n) is 7.23. The average Bonchev–Trinajstić information content (AvgIpc) is 3.33. The van der Waals surface area contributed by atoms with Crippen molar-refractivity contribution in [2.75, 3.05) is 0 Å². The molecule has 2 aliphatic rings. The number of rotatable bonds is 4. The molecule has 2 aliphatic carbocycles. The minimum Gasteiger partial charge on any atom is -0.399 e. The standard InChI is InChI=1S/C29H23BrN6/c30-21-12-10-19(11-13-21)15-36-16-25(27(35-36)20-6-2-1-3-7-20)26-23-9-5-4-8-22(23)24(14-31)28(34)29(26,17-32)18-33/h1-3,6-8,10-13,16,23,26H,4-5,9,15,34H2/t23-,26-/m1/s1. The van der Waals surface area contributed by atoms with Crippen molar-refractivity contribution in [3.05, 3.63) is 99.3 Å². The largest absolute Gasteiger partial charge is 0.399 e. The van der Waals surface area contributed by atoms with Crippen LogP contribution in [0.4, 0.5) is 0 Å². The van der Waals surface area contributed by atoms with E-state index in [4.69, 9.17) is 10.8 Å². The molecule has 2 N–H and O–H groups in total. The van der Waals surface area contributed by atoms with Crippen molar-refractivity contribution >= 4 is 15.9 Å². The van der Waals surface area contributed by atoms with Crippen LogP contribution in [0.5, 0.6) is 0 Å². The Morgan fingerprint density at radius 3 is 2.44 bits per heavy atom. The Morgan fingerprint density at radius 2 is 1.78 bits per heavy atom. The summed E-state index contributed by atoms with van der Waals surface area (Å²) in [5.74, 6) is -0.724. The molecule has 7 heteroatoms. The maximum absolute atomic E-state index is 10.4. The number of nitrogens with two attached hydrogens (primary N) is 1. The van der Waals surface area contributed by atoms with Gasteiger partial charge in [-0.1, -0.05) is 64.5 Å². The maximum Gasteiger partial charge on any atom is 0.191 e. The van der Waals surface area contributed by atoms with E-state index in [-0.39, 0.29) is 17.2 Å². The minimum absolute atomic E-state index is 0.0454. The summed E-state index contributed by atoms with van der Waals surface area (Å²) in [6.07, 6.45) is 6.54. The first-order chi connectivity index (χ1) is 17.5. The molecular weight excluding hydrogens is 512 g/mol. The number of allylic oxidation sites excluding steroid dienone is 4. The van der Waals surface area contributed by atoms with E-state index in [1.807, 2.05) is 65.5 Å². The molecule has 0 fully saturated rings. The van der Waals surface area contributed by atoms with Gasteiger partial charge in [-0.05, 0) is 48.4 Å². The predicted octanol–water partition coefficient (Wildman–Crippen LogP) is 5.95. The Morgan fingerprint density at radius 1 is 1.06 bits per heavy atom. The topological polar surface area (TPSA) is 115 Å². The number of aromatic nitrogens is 2. The molecule has 2 atom stereocenters. The Balaban J connectivity index is 1.74. The molecule has 176 valence electrons. The van der Waals surface area contributed by atoms with E-state index in [2.05, 4.69) is 40.2 Å². The molecule has 0 unspecified atom stereocenters. The number of nitrogens with zero attached hydrogens (tertiary/aromatic N) is 5. The second kappa shape index (κ2) is 9.50. The molecule has 5 rings (SSSR count). The van der Waals surface area contributed by atoms with Gasteiger partial charge in [0.25, 0.3) is 0 Å². The Hall–Kier alpha value is -4.12. The lowest BCUT2D eigenvalue weighted by Gasteiger charge is -2.43. The zero-order valence-corrected chi connectivity index (χ0v) is 21.1. The Labute approximate surface area is 218 Å². The lowest BCUT2D eigenvalue weighted by molar-refractivity contribution is 0.318. The SMILES string of the molecule is N#CC1=C(N)C(C#N)(C#N)[C@@H](c2cn(Cc3ccc(Br)cc3)nc2-c2ccccc2)[C@@H]2CCCC=C12. The van der Waals surface area contributed by atoms with Crippen LogP contribution in [0.25, 0.3) is 11.3 Å². The first-order valence-electron chi connectivity index (χ1n) is 11.8. The average molecular weight is 535 g/mol.